The van der Waals surface area contributed by atoms with Crippen molar-refractivity contribution in [3.05, 3.63) is 70.2 Å². The molecular weight excluding hydrogens is 384 g/mol. The van der Waals surface area contributed by atoms with E-state index in [2.05, 4.69) is 94.2 Å². The lowest BCUT2D eigenvalue weighted by Crippen LogP contribution is -2.61. The lowest BCUT2D eigenvalue weighted by molar-refractivity contribution is -0.0791. The van der Waals surface area contributed by atoms with E-state index < -0.39 is 0 Å². The molecule has 2 heterocycles. The standard InChI is InChI=1S/C23H29BrN2/c1-22-14-23(2,16-25(15-22)12-19-7-4-3-5-8-19)18-26(17-22)13-20-9-6-10-21(24)11-20/h3-11H,12-18H2,1-2H3/t22-,23-/m0/s1. The summed E-state index contributed by atoms with van der Waals surface area (Å²) in [7, 11) is 0. The highest BCUT2D eigenvalue weighted by Crippen LogP contribution is 2.46. The van der Waals surface area contributed by atoms with Crippen LogP contribution in [0, 0.1) is 10.8 Å². The van der Waals surface area contributed by atoms with Gasteiger partial charge < -0.3 is 0 Å². The predicted molar refractivity (Wildman–Crippen MR) is 112 cm³/mol. The van der Waals surface area contributed by atoms with Crippen molar-refractivity contribution in [2.45, 2.75) is 33.4 Å². The average molecular weight is 413 g/mol. The van der Waals surface area contributed by atoms with Crippen LogP contribution in [0.15, 0.2) is 59.1 Å². The SMILES string of the molecule is C[C@]12CN(Cc3ccccc3)C[C@@](C)(CN(Cc3cccc(Br)c3)C1)C2. The van der Waals surface area contributed by atoms with Gasteiger partial charge >= 0.3 is 0 Å². The number of halogens is 1. The van der Waals surface area contributed by atoms with Crippen molar-refractivity contribution < 1.29 is 0 Å². The first kappa shape index (κ1) is 18.2. The summed E-state index contributed by atoms with van der Waals surface area (Å²) in [5, 5.41) is 0. The molecule has 2 aromatic carbocycles. The van der Waals surface area contributed by atoms with Gasteiger partial charge in [0.1, 0.15) is 0 Å². The first-order valence-corrected chi connectivity index (χ1v) is 10.4. The predicted octanol–water partition coefficient (Wildman–Crippen LogP) is 5.18. The van der Waals surface area contributed by atoms with Gasteiger partial charge in [-0.05, 0) is 40.5 Å². The second-order valence-electron chi connectivity index (χ2n) is 9.20. The maximum Gasteiger partial charge on any atom is 0.0234 e. The highest BCUT2D eigenvalue weighted by Gasteiger charge is 2.48. The fourth-order valence-corrected chi connectivity index (χ4v) is 6.03. The minimum Gasteiger partial charge on any atom is -0.298 e. The molecule has 0 aromatic heterocycles. The van der Waals surface area contributed by atoms with Crippen LogP contribution in [-0.4, -0.2) is 36.0 Å². The topological polar surface area (TPSA) is 6.48 Å². The summed E-state index contributed by atoms with van der Waals surface area (Å²) < 4.78 is 1.18. The van der Waals surface area contributed by atoms with Crippen LogP contribution in [0.2, 0.25) is 0 Å². The van der Waals surface area contributed by atoms with Crippen molar-refractivity contribution in [1.29, 1.82) is 0 Å². The Hall–Kier alpha value is -1.16. The van der Waals surface area contributed by atoms with Gasteiger partial charge in [0.15, 0.2) is 0 Å². The summed E-state index contributed by atoms with van der Waals surface area (Å²) in [5.74, 6) is 0. The molecule has 0 unspecified atom stereocenters. The molecule has 0 aliphatic carbocycles. The van der Waals surface area contributed by atoms with Gasteiger partial charge in [-0.25, -0.2) is 0 Å². The zero-order valence-corrected chi connectivity index (χ0v) is 17.5. The van der Waals surface area contributed by atoms with E-state index in [0.717, 1.165) is 13.1 Å². The van der Waals surface area contributed by atoms with E-state index in [1.54, 1.807) is 0 Å². The van der Waals surface area contributed by atoms with Crippen molar-refractivity contribution in [2.75, 3.05) is 26.2 Å². The number of hydrogen-bond acceptors (Lipinski definition) is 2. The van der Waals surface area contributed by atoms with Crippen LogP contribution in [0.1, 0.15) is 31.4 Å². The molecule has 3 heteroatoms. The van der Waals surface area contributed by atoms with Gasteiger partial charge in [-0.2, -0.15) is 0 Å². The van der Waals surface area contributed by atoms with Crippen LogP contribution in [-0.2, 0) is 13.1 Å². The minimum atomic E-state index is 0.381. The molecule has 2 aromatic rings. The quantitative estimate of drug-likeness (QED) is 0.681. The Morgan fingerprint density at radius 3 is 1.88 bits per heavy atom. The van der Waals surface area contributed by atoms with Gasteiger partial charge in [0.05, 0.1) is 0 Å². The molecule has 0 N–H and O–H groups in total. The van der Waals surface area contributed by atoms with Crippen LogP contribution in [0.4, 0.5) is 0 Å². The Morgan fingerprint density at radius 1 is 0.769 bits per heavy atom. The Morgan fingerprint density at radius 2 is 1.31 bits per heavy atom. The van der Waals surface area contributed by atoms with Gasteiger partial charge in [-0.3, -0.25) is 9.80 Å². The summed E-state index contributed by atoms with van der Waals surface area (Å²) in [6.45, 7) is 11.9. The first-order valence-electron chi connectivity index (χ1n) is 9.65. The lowest BCUT2D eigenvalue weighted by atomic mass is 9.65. The summed E-state index contributed by atoms with van der Waals surface area (Å²) in [5.41, 5.74) is 3.61. The number of rotatable bonds is 4. The van der Waals surface area contributed by atoms with Crippen LogP contribution < -0.4 is 0 Å². The van der Waals surface area contributed by atoms with E-state index in [4.69, 9.17) is 0 Å². The van der Waals surface area contributed by atoms with Crippen LogP contribution in [0.3, 0.4) is 0 Å². The normalized spacial score (nSPS) is 29.7. The summed E-state index contributed by atoms with van der Waals surface area (Å²) >= 11 is 3.61. The number of fused-ring (bicyclic) bond motifs is 2. The van der Waals surface area contributed by atoms with Gasteiger partial charge in [-0.1, -0.05) is 72.2 Å². The number of benzene rings is 2. The molecule has 4 rings (SSSR count). The van der Waals surface area contributed by atoms with Crippen LogP contribution in [0.25, 0.3) is 0 Å². The molecule has 138 valence electrons. The Labute approximate surface area is 166 Å². The van der Waals surface area contributed by atoms with Crippen molar-refractivity contribution in [2.24, 2.45) is 10.8 Å². The zero-order valence-electron chi connectivity index (χ0n) is 15.9. The highest BCUT2D eigenvalue weighted by atomic mass is 79.9. The molecule has 0 amide bonds. The van der Waals surface area contributed by atoms with Crippen LogP contribution >= 0.6 is 15.9 Å². The largest absolute Gasteiger partial charge is 0.298 e. The Bertz CT molecular complexity index is 742. The monoisotopic (exact) mass is 412 g/mol. The van der Waals surface area contributed by atoms with Crippen molar-refractivity contribution in [3.8, 4) is 0 Å². The zero-order chi connectivity index (χ0) is 18.2. The first-order chi connectivity index (χ1) is 12.4. The smallest absolute Gasteiger partial charge is 0.0234 e. The molecule has 0 saturated carbocycles. The third-order valence-corrected chi connectivity index (χ3v) is 6.31. The minimum absolute atomic E-state index is 0.381. The lowest BCUT2D eigenvalue weighted by Gasteiger charge is -2.57. The van der Waals surface area contributed by atoms with E-state index in [1.165, 1.54) is 48.2 Å². The summed E-state index contributed by atoms with van der Waals surface area (Å²) in [6.07, 6.45) is 1.35. The fourth-order valence-electron chi connectivity index (χ4n) is 5.58. The summed E-state index contributed by atoms with van der Waals surface area (Å²) in [4.78, 5) is 5.38. The molecule has 2 fully saturated rings. The van der Waals surface area contributed by atoms with Crippen LogP contribution in [0.5, 0.6) is 0 Å². The van der Waals surface area contributed by atoms with E-state index in [-0.39, 0.29) is 0 Å². The second kappa shape index (κ2) is 7.10. The molecule has 2 saturated heterocycles. The Kier molecular flexibility index (Phi) is 4.98. The van der Waals surface area contributed by atoms with Crippen molar-refractivity contribution >= 4 is 15.9 Å². The van der Waals surface area contributed by atoms with Gasteiger partial charge in [0.25, 0.3) is 0 Å². The maximum atomic E-state index is 3.61. The van der Waals surface area contributed by atoms with E-state index in [1.807, 2.05) is 0 Å². The molecular formula is C23H29BrN2. The third-order valence-electron chi connectivity index (χ3n) is 5.82. The maximum absolute atomic E-state index is 3.61. The summed E-state index contributed by atoms with van der Waals surface area (Å²) in [6, 6.07) is 19.7. The molecule has 2 aliphatic rings. The molecule has 0 radical (unpaired) electrons. The molecule has 2 atom stereocenters. The molecule has 0 spiro atoms. The molecule has 2 aliphatic heterocycles. The van der Waals surface area contributed by atoms with E-state index in [9.17, 15) is 0 Å². The Balaban J connectivity index is 1.47. The molecule has 2 nitrogen and oxygen atoms in total. The third kappa shape index (κ3) is 4.21. The van der Waals surface area contributed by atoms with E-state index >= 15 is 0 Å². The van der Waals surface area contributed by atoms with Gasteiger partial charge in [-0.15, -0.1) is 0 Å². The molecule has 2 bridgehead atoms. The van der Waals surface area contributed by atoms with Crippen molar-refractivity contribution in [3.63, 3.8) is 0 Å². The van der Waals surface area contributed by atoms with E-state index in [0.29, 0.717) is 10.8 Å². The highest BCUT2D eigenvalue weighted by molar-refractivity contribution is 9.10. The second-order valence-corrected chi connectivity index (χ2v) is 10.1. The van der Waals surface area contributed by atoms with Gasteiger partial charge in [0.2, 0.25) is 0 Å². The number of piperidine rings is 2. The number of hydrogen-bond donors (Lipinski definition) is 0. The number of nitrogens with zero attached hydrogens (tertiary/aromatic N) is 2. The van der Waals surface area contributed by atoms with Crippen molar-refractivity contribution in [1.82, 2.24) is 9.80 Å². The van der Waals surface area contributed by atoms with Gasteiger partial charge in [0, 0.05) is 43.7 Å². The molecule has 26 heavy (non-hydrogen) atoms. The number of likely N-dealkylation sites (tertiary alicyclic amines) is 2. The average Bonchev–Trinajstić information content (AvgIpc) is 2.53. The fraction of sp³-hybridized carbons (Fsp3) is 0.478.